The summed E-state index contributed by atoms with van der Waals surface area (Å²) < 4.78 is 0. The van der Waals surface area contributed by atoms with Gasteiger partial charge < -0.3 is 5.73 Å². The van der Waals surface area contributed by atoms with Crippen molar-refractivity contribution in [1.82, 2.24) is 0 Å². The second-order valence-corrected chi connectivity index (χ2v) is 1.93. The van der Waals surface area contributed by atoms with Crippen LogP contribution in [0.25, 0.3) is 5.73 Å². The standard InChI is InChI=1S/C5H12N.Na/c1-5(2)3-4-6;/h5-6H,3-4H2,1-2H3;/q-1;+1. The van der Waals surface area contributed by atoms with Gasteiger partial charge in [-0.05, 0) is 5.92 Å². The first-order chi connectivity index (χ1) is 2.77. The maximum Gasteiger partial charge on any atom is 1.00 e. The number of hydrogen-bond donors (Lipinski definition) is 0. The van der Waals surface area contributed by atoms with Gasteiger partial charge in [0.15, 0.2) is 0 Å². The average molecular weight is 109 g/mol. The SMILES string of the molecule is CC(C)CC[NH-].[Na+]. The molecule has 38 valence electrons. The van der Waals surface area contributed by atoms with Crippen LogP contribution < -0.4 is 29.6 Å². The van der Waals surface area contributed by atoms with Crippen molar-refractivity contribution in [3.05, 3.63) is 5.73 Å². The summed E-state index contributed by atoms with van der Waals surface area (Å²) >= 11 is 0. The van der Waals surface area contributed by atoms with Crippen LogP contribution in [0.1, 0.15) is 20.3 Å². The van der Waals surface area contributed by atoms with Crippen LogP contribution in [0.4, 0.5) is 0 Å². The average Bonchev–Trinajstić information content (AvgIpc) is 1.35. The molecule has 0 rings (SSSR count). The molecule has 0 heterocycles. The van der Waals surface area contributed by atoms with E-state index in [0.29, 0.717) is 12.5 Å². The largest absolute Gasteiger partial charge is 1.00 e. The van der Waals surface area contributed by atoms with Crippen LogP contribution in [0, 0.1) is 5.92 Å². The van der Waals surface area contributed by atoms with E-state index in [1.165, 1.54) is 0 Å². The molecule has 0 atom stereocenters. The first-order valence-electron chi connectivity index (χ1n) is 2.42. The Balaban J connectivity index is 0. The van der Waals surface area contributed by atoms with Crippen LogP contribution in [0.2, 0.25) is 0 Å². The van der Waals surface area contributed by atoms with E-state index < -0.39 is 0 Å². The minimum atomic E-state index is 0. The minimum Gasteiger partial charge on any atom is -0.677 e. The Morgan fingerprint density at radius 2 is 1.86 bits per heavy atom. The monoisotopic (exact) mass is 109 g/mol. The molecule has 0 saturated carbocycles. The molecule has 1 nitrogen and oxygen atoms in total. The van der Waals surface area contributed by atoms with Crippen LogP contribution in [-0.4, -0.2) is 6.54 Å². The van der Waals surface area contributed by atoms with Gasteiger partial charge in [-0.3, -0.25) is 0 Å². The Bertz CT molecular complexity index is 29.3. The molecule has 0 amide bonds. The molecule has 0 unspecified atom stereocenters. The zero-order valence-corrected chi connectivity index (χ0v) is 7.49. The van der Waals surface area contributed by atoms with E-state index >= 15 is 0 Å². The van der Waals surface area contributed by atoms with Crippen molar-refractivity contribution in [1.29, 1.82) is 0 Å². The van der Waals surface area contributed by atoms with Gasteiger partial charge in [-0.2, -0.15) is 6.54 Å². The molecule has 0 radical (unpaired) electrons. The van der Waals surface area contributed by atoms with Crippen molar-refractivity contribution >= 4 is 0 Å². The van der Waals surface area contributed by atoms with E-state index in [9.17, 15) is 0 Å². The van der Waals surface area contributed by atoms with Crippen LogP contribution in [0.15, 0.2) is 0 Å². The molecular formula is C5H12NNa. The third kappa shape index (κ3) is 10.9. The fourth-order valence-corrected chi connectivity index (χ4v) is 0.289. The zero-order valence-electron chi connectivity index (χ0n) is 5.49. The van der Waals surface area contributed by atoms with Gasteiger partial charge in [0.25, 0.3) is 0 Å². The Labute approximate surface area is 68.0 Å². The molecule has 0 aromatic heterocycles. The Morgan fingerprint density at radius 1 is 1.43 bits per heavy atom. The molecule has 2 heteroatoms. The molecule has 0 aliphatic heterocycles. The van der Waals surface area contributed by atoms with Crippen molar-refractivity contribution in [3.8, 4) is 0 Å². The van der Waals surface area contributed by atoms with Gasteiger partial charge in [0.05, 0.1) is 0 Å². The molecular weight excluding hydrogens is 97.1 g/mol. The predicted octanol–water partition coefficient (Wildman–Crippen LogP) is -0.911. The topological polar surface area (TPSA) is 23.8 Å². The van der Waals surface area contributed by atoms with Crippen molar-refractivity contribution in [2.75, 3.05) is 6.54 Å². The van der Waals surface area contributed by atoms with Crippen LogP contribution >= 0.6 is 0 Å². The van der Waals surface area contributed by atoms with Gasteiger partial charge in [0.2, 0.25) is 0 Å². The molecule has 7 heavy (non-hydrogen) atoms. The van der Waals surface area contributed by atoms with Gasteiger partial charge in [0.1, 0.15) is 0 Å². The molecule has 0 fully saturated rings. The summed E-state index contributed by atoms with van der Waals surface area (Å²) in [5.41, 5.74) is 6.73. The quantitative estimate of drug-likeness (QED) is 0.410. The second-order valence-electron chi connectivity index (χ2n) is 1.93. The zero-order chi connectivity index (χ0) is 4.99. The van der Waals surface area contributed by atoms with Crippen LogP contribution in [0.3, 0.4) is 0 Å². The van der Waals surface area contributed by atoms with Crippen molar-refractivity contribution in [2.45, 2.75) is 20.3 Å². The van der Waals surface area contributed by atoms with Gasteiger partial charge in [-0.25, -0.2) is 0 Å². The Hall–Kier alpha value is 0.960. The van der Waals surface area contributed by atoms with Gasteiger partial charge in [0, 0.05) is 0 Å². The van der Waals surface area contributed by atoms with Crippen LogP contribution in [-0.2, 0) is 0 Å². The van der Waals surface area contributed by atoms with E-state index in [0.717, 1.165) is 6.42 Å². The molecule has 0 spiro atoms. The van der Waals surface area contributed by atoms with Gasteiger partial charge in [-0.15, -0.1) is 0 Å². The third-order valence-electron chi connectivity index (χ3n) is 0.722. The summed E-state index contributed by atoms with van der Waals surface area (Å²) in [6, 6.07) is 0. The molecule has 0 aromatic rings. The van der Waals surface area contributed by atoms with Crippen molar-refractivity contribution in [2.24, 2.45) is 5.92 Å². The fourth-order valence-electron chi connectivity index (χ4n) is 0.289. The van der Waals surface area contributed by atoms with E-state index in [1.54, 1.807) is 0 Å². The molecule has 0 aromatic carbocycles. The smallest absolute Gasteiger partial charge is 0.677 e. The number of rotatable bonds is 2. The summed E-state index contributed by atoms with van der Waals surface area (Å²) in [6.07, 6.45) is 1.04. The third-order valence-corrected chi connectivity index (χ3v) is 0.722. The summed E-state index contributed by atoms with van der Waals surface area (Å²) in [4.78, 5) is 0. The van der Waals surface area contributed by atoms with E-state index in [2.05, 4.69) is 13.8 Å². The van der Waals surface area contributed by atoms with Crippen molar-refractivity contribution < 1.29 is 29.6 Å². The predicted molar refractivity (Wildman–Crippen MR) is 28.6 cm³/mol. The molecule has 0 bridgehead atoms. The van der Waals surface area contributed by atoms with Gasteiger partial charge >= 0.3 is 29.6 Å². The fraction of sp³-hybridized carbons (Fsp3) is 1.00. The maximum absolute atomic E-state index is 6.73. The first kappa shape index (κ1) is 10.9. The van der Waals surface area contributed by atoms with E-state index in [1.807, 2.05) is 0 Å². The van der Waals surface area contributed by atoms with Gasteiger partial charge in [-0.1, -0.05) is 20.3 Å². The normalized spacial score (nSPS) is 8.57. The first-order valence-corrected chi connectivity index (χ1v) is 2.42. The Morgan fingerprint density at radius 3 is 1.86 bits per heavy atom. The maximum atomic E-state index is 6.73. The molecule has 0 aliphatic rings. The minimum absolute atomic E-state index is 0. The second kappa shape index (κ2) is 6.96. The number of nitrogens with one attached hydrogen (secondary N) is 1. The summed E-state index contributed by atoms with van der Waals surface area (Å²) in [5, 5.41) is 0. The van der Waals surface area contributed by atoms with E-state index in [4.69, 9.17) is 5.73 Å². The number of hydrogen-bond acceptors (Lipinski definition) is 0. The summed E-state index contributed by atoms with van der Waals surface area (Å²) in [6.45, 7) is 4.85. The van der Waals surface area contributed by atoms with E-state index in [-0.39, 0.29) is 29.6 Å². The summed E-state index contributed by atoms with van der Waals surface area (Å²) in [7, 11) is 0. The Kier molecular flexibility index (Phi) is 10.8. The summed E-state index contributed by atoms with van der Waals surface area (Å²) in [5.74, 6) is 0.711. The van der Waals surface area contributed by atoms with Crippen LogP contribution in [0.5, 0.6) is 0 Å². The van der Waals surface area contributed by atoms with Crippen molar-refractivity contribution in [3.63, 3.8) is 0 Å². The molecule has 1 N–H and O–H groups in total. The molecule has 0 saturated heterocycles. The molecule has 0 aliphatic carbocycles.